The minimum atomic E-state index is 0.0208. The molecule has 1 heterocycles. The molecule has 4 heteroatoms. The Morgan fingerprint density at radius 3 is 2.59 bits per heavy atom. The molecule has 1 N–H and O–H groups in total. The molecule has 2 aliphatic rings. The standard InChI is InChI=1S/C13H16N2OS/c16-12-10-17-13(8-4-5-9-13)15(12)14-11-6-2-1-3-7-11/h1-3,6-7,14H,4-5,8-10H2. The zero-order valence-corrected chi connectivity index (χ0v) is 10.5. The molecule has 3 nitrogen and oxygen atoms in total. The van der Waals surface area contributed by atoms with Crippen LogP contribution in [-0.4, -0.2) is 21.5 Å². The molecule has 2 fully saturated rings. The quantitative estimate of drug-likeness (QED) is 0.873. The minimum absolute atomic E-state index is 0.0208. The van der Waals surface area contributed by atoms with Crippen LogP contribution < -0.4 is 5.43 Å². The number of thioether (sulfide) groups is 1. The Labute approximate surface area is 106 Å². The fourth-order valence-corrected chi connectivity index (χ4v) is 4.03. The summed E-state index contributed by atoms with van der Waals surface area (Å²) in [5, 5.41) is 1.88. The maximum absolute atomic E-state index is 12.0. The summed E-state index contributed by atoms with van der Waals surface area (Å²) in [6, 6.07) is 9.95. The Kier molecular flexibility index (Phi) is 2.74. The third-order valence-electron chi connectivity index (χ3n) is 3.52. The van der Waals surface area contributed by atoms with Gasteiger partial charge in [-0.3, -0.25) is 10.2 Å². The van der Waals surface area contributed by atoms with E-state index in [4.69, 9.17) is 0 Å². The summed E-state index contributed by atoms with van der Waals surface area (Å²) in [6.07, 6.45) is 4.69. The SMILES string of the molecule is O=C1CSC2(CCCC2)N1Nc1ccccc1. The summed E-state index contributed by atoms with van der Waals surface area (Å²) in [5.41, 5.74) is 4.28. The normalized spacial score (nSPS) is 22.4. The van der Waals surface area contributed by atoms with Crippen LogP contribution in [0.2, 0.25) is 0 Å². The molecule has 0 aromatic heterocycles. The van der Waals surface area contributed by atoms with Crippen LogP contribution in [0.5, 0.6) is 0 Å². The summed E-state index contributed by atoms with van der Waals surface area (Å²) in [4.78, 5) is 12.0. The molecule has 1 aliphatic carbocycles. The highest BCUT2D eigenvalue weighted by Crippen LogP contribution is 2.48. The van der Waals surface area contributed by atoms with E-state index in [2.05, 4.69) is 5.43 Å². The van der Waals surface area contributed by atoms with Gasteiger partial charge >= 0.3 is 0 Å². The van der Waals surface area contributed by atoms with Crippen molar-refractivity contribution in [1.82, 2.24) is 5.01 Å². The van der Waals surface area contributed by atoms with Gasteiger partial charge in [0.1, 0.15) is 4.87 Å². The number of anilines is 1. The summed E-state index contributed by atoms with van der Waals surface area (Å²) in [7, 11) is 0. The topological polar surface area (TPSA) is 32.3 Å². The van der Waals surface area contributed by atoms with Gasteiger partial charge in [-0.2, -0.15) is 0 Å². The molecule has 0 radical (unpaired) electrons. The molecule has 0 unspecified atom stereocenters. The molecule has 1 aromatic rings. The predicted molar refractivity (Wildman–Crippen MR) is 70.6 cm³/mol. The van der Waals surface area contributed by atoms with Crippen molar-refractivity contribution in [3.8, 4) is 0 Å². The van der Waals surface area contributed by atoms with E-state index in [9.17, 15) is 4.79 Å². The van der Waals surface area contributed by atoms with Crippen LogP contribution in [0.4, 0.5) is 5.69 Å². The van der Waals surface area contributed by atoms with E-state index in [0.717, 1.165) is 18.5 Å². The van der Waals surface area contributed by atoms with E-state index in [1.54, 1.807) is 11.8 Å². The monoisotopic (exact) mass is 248 g/mol. The number of nitrogens with one attached hydrogen (secondary N) is 1. The second-order valence-electron chi connectivity index (χ2n) is 4.65. The zero-order valence-electron chi connectivity index (χ0n) is 9.69. The highest BCUT2D eigenvalue weighted by atomic mass is 32.2. The van der Waals surface area contributed by atoms with Crippen molar-refractivity contribution in [3.05, 3.63) is 30.3 Å². The number of nitrogens with zero attached hydrogens (tertiary/aromatic N) is 1. The molecule has 1 saturated carbocycles. The van der Waals surface area contributed by atoms with Crippen LogP contribution in [0.1, 0.15) is 25.7 Å². The first-order chi connectivity index (χ1) is 8.30. The van der Waals surface area contributed by atoms with Gasteiger partial charge in [-0.05, 0) is 25.0 Å². The van der Waals surface area contributed by atoms with Crippen LogP contribution >= 0.6 is 11.8 Å². The number of carbonyl (C=O) groups excluding carboxylic acids is 1. The molecular weight excluding hydrogens is 232 g/mol. The number of hydrogen-bond donors (Lipinski definition) is 1. The number of hydrazine groups is 1. The Hall–Kier alpha value is -1.16. The van der Waals surface area contributed by atoms with Crippen LogP contribution in [-0.2, 0) is 4.79 Å². The number of benzene rings is 1. The van der Waals surface area contributed by atoms with Crippen LogP contribution in [0.15, 0.2) is 30.3 Å². The fraction of sp³-hybridized carbons (Fsp3) is 0.462. The van der Waals surface area contributed by atoms with Crippen LogP contribution in [0.25, 0.3) is 0 Å². The molecule has 90 valence electrons. The number of hydrogen-bond acceptors (Lipinski definition) is 3. The van der Waals surface area contributed by atoms with Crippen molar-refractivity contribution in [3.63, 3.8) is 0 Å². The molecule has 1 spiro atoms. The lowest BCUT2D eigenvalue weighted by atomic mass is 10.2. The molecular formula is C13H16N2OS. The number of carbonyl (C=O) groups is 1. The smallest absolute Gasteiger partial charge is 0.252 e. The fourth-order valence-electron chi connectivity index (χ4n) is 2.65. The Morgan fingerprint density at radius 1 is 1.18 bits per heavy atom. The molecule has 0 bridgehead atoms. The van der Waals surface area contributed by atoms with Gasteiger partial charge in [0.25, 0.3) is 5.91 Å². The Balaban J connectivity index is 1.82. The minimum Gasteiger partial charge on any atom is -0.295 e. The molecule has 0 atom stereocenters. The zero-order chi connectivity index (χ0) is 11.7. The van der Waals surface area contributed by atoms with Gasteiger partial charge in [0.05, 0.1) is 11.4 Å². The van der Waals surface area contributed by atoms with Gasteiger partial charge in [0.2, 0.25) is 0 Å². The van der Waals surface area contributed by atoms with Crippen molar-refractivity contribution in [2.45, 2.75) is 30.6 Å². The van der Waals surface area contributed by atoms with E-state index in [1.807, 2.05) is 35.3 Å². The number of rotatable bonds is 2. The maximum Gasteiger partial charge on any atom is 0.252 e. The van der Waals surface area contributed by atoms with Gasteiger partial charge in [0, 0.05) is 0 Å². The van der Waals surface area contributed by atoms with E-state index < -0.39 is 0 Å². The first kappa shape index (κ1) is 11.0. The van der Waals surface area contributed by atoms with Crippen molar-refractivity contribution in [2.75, 3.05) is 11.2 Å². The Bertz CT molecular complexity index is 415. The van der Waals surface area contributed by atoms with Gasteiger partial charge < -0.3 is 0 Å². The first-order valence-corrected chi connectivity index (χ1v) is 7.07. The lowest BCUT2D eigenvalue weighted by molar-refractivity contribution is -0.128. The lowest BCUT2D eigenvalue weighted by Gasteiger charge is -2.34. The molecule has 1 aromatic carbocycles. The van der Waals surface area contributed by atoms with Crippen molar-refractivity contribution in [2.24, 2.45) is 0 Å². The van der Waals surface area contributed by atoms with Crippen molar-refractivity contribution < 1.29 is 4.79 Å². The average Bonchev–Trinajstić information content (AvgIpc) is 2.94. The molecule has 3 rings (SSSR count). The number of amides is 1. The first-order valence-electron chi connectivity index (χ1n) is 6.09. The van der Waals surface area contributed by atoms with Crippen molar-refractivity contribution in [1.29, 1.82) is 0 Å². The molecule has 1 saturated heterocycles. The third-order valence-corrected chi connectivity index (χ3v) is 5.04. The summed E-state index contributed by atoms with van der Waals surface area (Å²) >= 11 is 1.80. The second kappa shape index (κ2) is 4.26. The second-order valence-corrected chi connectivity index (χ2v) is 5.99. The van der Waals surface area contributed by atoms with Crippen LogP contribution in [0, 0.1) is 0 Å². The van der Waals surface area contributed by atoms with E-state index in [0.29, 0.717) is 5.75 Å². The maximum atomic E-state index is 12.0. The van der Waals surface area contributed by atoms with Gasteiger partial charge in [-0.1, -0.05) is 31.0 Å². The van der Waals surface area contributed by atoms with Gasteiger partial charge in [-0.25, -0.2) is 5.01 Å². The third kappa shape index (κ3) is 1.90. The Morgan fingerprint density at radius 2 is 1.88 bits per heavy atom. The summed E-state index contributed by atoms with van der Waals surface area (Å²) in [6.45, 7) is 0. The van der Waals surface area contributed by atoms with E-state index in [1.165, 1.54) is 12.8 Å². The van der Waals surface area contributed by atoms with Crippen LogP contribution in [0.3, 0.4) is 0 Å². The largest absolute Gasteiger partial charge is 0.295 e. The molecule has 1 amide bonds. The summed E-state index contributed by atoms with van der Waals surface area (Å²) in [5.74, 6) is 0.820. The average molecular weight is 248 g/mol. The van der Waals surface area contributed by atoms with Gasteiger partial charge in [0.15, 0.2) is 0 Å². The summed E-state index contributed by atoms with van der Waals surface area (Å²) < 4.78 is 0. The highest BCUT2D eigenvalue weighted by Gasteiger charge is 2.48. The van der Waals surface area contributed by atoms with Crippen molar-refractivity contribution >= 4 is 23.4 Å². The number of para-hydroxylation sites is 1. The predicted octanol–water partition coefficient (Wildman–Crippen LogP) is 2.86. The highest BCUT2D eigenvalue weighted by molar-refractivity contribution is 8.01. The van der Waals surface area contributed by atoms with E-state index >= 15 is 0 Å². The lowest BCUT2D eigenvalue weighted by Crippen LogP contribution is -2.46. The molecule has 1 aliphatic heterocycles. The van der Waals surface area contributed by atoms with Gasteiger partial charge in [-0.15, -0.1) is 11.8 Å². The molecule has 17 heavy (non-hydrogen) atoms. The van der Waals surface area contributed by atoms with E-state index in [-0.39, 0.29) is 10.8 Å².